The third-order valence-electron chi connectivity index (χ3n) is 4.06. The van der Waals surface area contributed by atoms with Gasteiger partial charge in [0.15, 0.2) is 5.11 Å². The second kappa shape index (κ2) is 8.44. The van der Waals surface area contributed by atoms with Gasteiger partial charge in [-0.25, -0.2) is 0 Å². The Hall–Kier alpha value is -1.53. The van der Waals surface area contributed by atoms with Gasteiger partial charge in [0.2, 0.25) is 0 Å². The number of thiocarbonyl (C=S) groups is 1. The monoisotopic (exact) mass is 427 g/mol. The number of nitrogens with zero attached hydrogens (tertiary/aromatic N) is 1. The number of nitrogens with one attached hydrogen (secondary N) is 2. The molecule has 0 saturated carbocycles. The zero-order valence-corrected chi connectivity index (χ0v) is 16.8. The fraction of sp³-hybridized carbons (Fsp3) is 0.222. The van der Waals surface area contributed by atoms with Gasteiger partial charge < -0.3 is 10.2 Å². The molecule has 26 heavy (non-hydrogen) atoms. The molecule has 1 heterocycles. The third-order valence-corrected chi connectivity index (χ3v) is 5.13. The van der Waals surface area contributed by atoms with Crippen LogP contribution in [0.2, 0.25) is 15.1 Å². The molecule has 8 heteroatoms. The number of carbonyl (C=O) groups is 1. The van der Waals surface area contributed by atoms with Gasteiger partial charge in [0.1, 0.15) is 0 Å². The van der Waals surface area contributed by atoms with Crippen LogP contribution in [0.1, 0.15) is 23.2 Å². The zero-order chi connectivity index (χ0) is 18.7. The maximum absolute atomic E-state index is 12.4. The molecule has 136 valence electrons. The summed E-state index contributed by atoms with van der Waals surface area (Å²) in [7, 11) is 0. The van der Waals surface area contributed by atoms with Crippen molar-refractivity contribution in [1.29, 1.82) is 0 Å². The third kappa shape index (κ3) is 4.41. The molecule has 1 saturated heterocycles. The van der Waals surface area contributed by atoms with Gasteiger partial charge in [0, 0.05) is 18.1 Å². The number of para-hydroxylation sites is 1. The first-order chi connectivity index (χ1) is 12.5. The van der Waals surface area contributed by atoms with Gasteiger partial charge in [0.05, 0.1) is 27.0 Å². The maximum atomic E-state index is 12.4. The van der Waals surface area contributed by atoms with Crippen LogP contribution in [0.3, 0.4) is 0 Å². The Balaban J connectivity index is 1.75. The van der Waals surface area contributed by atoms with E-state index in [0.717, 1.165) is 37.3 Å². The summed E-state index contributed by atoms with van der Waals surface area (Å²) in [5, 5.41) is 7.21. The first kappa shape index (κ1) is 19.2. The summed E-state index contributed by atoms with van der Waals surface area (Å²) in [5.74, 6) is -0.431. The van der Waals surface area contributed by atoms with Crippen molar-refractivity contribution in [3.05, 3.63) is 57.0 Å². The van der Waals surface area contributed by atoms with E-state index in [1.165, 1.54) is 6.07 Å². The van der Waals surface area contributed by atoms with Gasteiger partial charge in [-0.15, -0.1) is 0 Å². The van der Waals surface area contributed by atoms with Crippen LogP contribution >= 0.6 is 47.0 Å². The summed E-state index contributed by atoms with van der Waals surface area (Å²) in [6, 6.07) is 10.2. The fourth-order valence-electron chi connectivity index (χ4n) is 2.87. The number of halogens is 3. The second-order valence-corrected chi connectivity index (χ2v) is 7.52. The highest BCUT2D eigenvalue weighted by Gasteiger charge is 2.20. The lowest BCUT2D eigenvalue weighted by Crippen LogP contribution is -2.35. The van der Waals surface area contributed by atoms with E-state index in [9.17, 15) is 4.79 Å². The average molecular weight is 429 g/mol. The molecule has 0 spiro atoms. The summed E-state index contributed by atoms with van der Waals surface area (Å²) in [4.78, 5) is 14.6. The number of rotatable bonds is 3. The smallest absolute Gasteiger partial charge is 0.258 e. The minimum atomic E-state index is -0.431. The van der Waals surface area contributed by atoms with Crippen molar-refractivity contribution in [2.24, 2.45) is 0 Å². The molecule has 1 amide bonds. The van der Waals surface area contributed by atoms with Crippen LogP contribution in [0.25, 0.3) is 0 Å². The Morgan fingerprint density at radius 3 is 2.50 bits per heavy atom. The number of anilines is 2. The van der Waals surface area contributed by atoms with Crippen molar-refractivity contribution >= 4 is 69.4 Å². The highest BCUT2D eigenvalue weighted by atomic mass is 35.5. The molecule has 0 aromatic heterocycles. The second-order valence-electron chi connectivity index (χ2n) is 5.86. The topological polar surface area (TPSA) is 44.4 Å². The summed E-state index contributed by atoms with van der Waals surface area (Å²) >= 11 is 23.7. The molecule has 2 aromatic rings. The number of hydrogen-bond donors (Lipinski definition) is 2. The Labute approximate surface area is 172 Å². The van der Waals surface area contributed by atoms with E-state index in [0.29, 0.717) is 15.1 Å². The zero-order valence-electron chi connectivity index (χ0n) is 13.7. The molecule has 2 N–H and O–H groups in total. The summed E-state index contributed by atoms with van der Waals surface area (Å²) in [5.41, 5.74) is 1.90. The summed E-state index contributed by atoms with van der Waals surface area (Å²) in [6.07, 6.45) is 2.25. The molecule has 0 aliphatic carbocycles. The van der Waals surface area contributed by atoms with E-state index in [1.54, 1.807) is 12.1 Å². The Morgan fingerprint density at radius 2 is 1.77 bits per heavy atom. The molecule has 4 nitrogen and oxygen atoms in total. The van der Waals surface area contributed by atoms with Crippen LogP contribution in [0.15, 0.2) is 36.4 Å². The molecule has 2 aromatic carbocycles. The van der Waals surface area contributed by atoms with Gasteiger partial charge in [-0.05, 0) is 55.4 Å². The lowest BCUT2D eigenvalue weighted by Gasteiger charge is -2.23. The predicted molar refractivity (Wildman–Crippen MR) is 113 cm³/mol. The largest absolute Gasteiger partial charge is 0.369 e. The van der Waals surface area contributed by atoms with Crippen molar-refractivity contribution in [2.75, 3.05) is 23.3 Å². The van der Waals surface area contributed by atoms with Crippen molar-refractivity contribution in [3.63, 3.8) is 0 Å². The molecule has 3 rings (SSSR count). The van der Waals surface area contributed by atoms with Crippen LogP contribution < -0.4 is 15.5 Å². The normalized spacial score (nSPS) is 13.6. The molecule has 1 fully saturated rings. The molecule has 0 bridgehead atoms. The van der Waals surface area contributed by atoms with Crippen molar-refractivity contribution < 1.29 is 4.79 Å². The molecule has 0 unspecified atom stereocenters. The fourth-order valence-corrected chi connectivity index (χ4v) is 3.75. The van der Waals surface area contributed by atoms with Gasteiger partial charge in [-0.1, -0.05) is 40.9 Å². The first-order valence-electron chi connectivity index (χ1n) is 8.06. The van der Waals surface area contributed by atoms with E-state index in [1.807, 2.05) is 18.2 Å². The van der Waals surface area contributed by atoms with Crippen LogP contribution in [0.4, 0.5) is 11.4 Å². The standard InChI is InChI=1S/C18H16Cl3N3OS/c19-11-6-7-13(20)12(10-11)17(25)23-18(26)22-15-5-3-4-14(21)16(15)24-8-1-2-9-24/h3-7,10H,1-2,8-9H2,(H2,22,23,25,26). The van der Waals surface area contributed by atoms with E-state index in [-0.39, 0.29) is 10.7 Å². The number of amides is 1. The van der Waals surface area contributed by atoms with Crippen molar-refractivity contribution in [3.8, 4) is 0 Å². The van der Waals surface area contributed by atoms with Crippen LogP contribution in [0, 0.1) is 0 Å². The quantitative estimate of drug-likeness (QED) is 0.645. The highest BCUT2D eigenvalue weighted by molar-refractivity contribution is 7.80. The van der Waals surface area contributed by atoms with E-state index >= 15 is 0 Å². The molecular weight excluding hydrogens is 413 g/mol. The number of hydrogen-bond acceptors (Lipinski definition) is 3. The maximum Gasteiger partial charge on any atom is 0.258 e. The SMILES string of the molecule is O=C(NC(=S)Nc1cccc(Cl)c1N1CCCC1)c1cc(Cl)ccc1Cl. The van der Waals surface area contributed by atoms with Crippen LogP contribution in [0.5, 0.6) is 0 Å². The summed E-state index contributed by atoms with van der Waals surface area (Å²) < 4.78 is 0. The lowest BCUT2D eigenvalue weighted by molar-refractivity contribution is 0.0978. The Kier molecular flexibility index (Phi) is 6.24. The minimum absolute atomic E-state index is 0.161. The molecular formula is C18H16Cl3N3OS. The van der Waals surface area contributed by atoms with Gasteiger partial charge >= 0.3 is 0 Å². The van der Waals surface area contributed by atoms with Gasteiger partial charge in [0.25, 0.3) is 5.91 Å². The van der Waals surface area contributed by atoms with E-state index in [2.05, 4.69) is 15.5 Å². The minimum Gasteiger partial charge on any atom is -0.369 e. The van der Waals surface area contributed by atoms with Gasteiger partial charge in [-0.3, -0.25) is 10.1 Å². The van der Waals surface area contributed by atoms with E-state index < -0.39 is 5.91 Å². The van der Waals surface area contributed by atoms with Crippen LogP contribution in [-0.2, 0) is 0 Å². The van der Waals surface area contributed by atoms with Gasteiger partial charge in [-0.2, -0.15) is 0 Å². The van der Waals surface area contributed by atoms with E-state index in [4.69, 9.17) is 47.0 Å². The molecule has 0 radical (unpaired) electrons. The molecule has 0 atom stereocenters. The van der Waals surface area contributed by atoms with Crippen LogP contribution in [-0.4, -0.2) is 24.1 Å². The Bertz CT molecular complexity index is 854. The van der Waals surface area contributed by atoms with Crippen molar-refractivity contribution in [1.82, 2.24) is 5.32 Å². The predicted octanol–water partition coefficient (Wildman–Crippen LogP) is 5.37. The number of carbonyl (C=O) groups excluding carboxylic acids is 1. The number of benzene rings is 2. The summed E-state index contributed by atoms with van der Waals surface area (Å²) in [6.45, 7) is 1.88. The molecule has 1 aliphatic heterocycles. The lowest BCUT2D eigenvalue weighted by atomic mass is 10.2. The first-order valence-corrected chi connectivity index (χ1v) is 9.61. The Morgan fingerprint density at radius 1 is 1.04 bits per heavy atom. The van der Waals surface area contributed by atoms with Crippen molar-refractivity contribution in [2.45, 2.75) is 12.8 Å². The highest BCUT2D eigenvalue weighted by Crippen LogP contribution is 2.35. The molecule has 1 aliphatic rings. The average Bonchev–Trinajstić information content (AvgIpc) is 3.11.